The average molecular weight is 409 g/mol. The van der Waals surface area contributed by atoms with Gasteiger partial charge in [0.15, 0.2) is 13.1 Å². The van der Waals surface area contributed by atoms with Crippen LogP contribution in [0, 0.1) is 6.92 Å². The summed E-state index contributed by atoms with van der Waals surface area (Å²) in [6, 6.07) is 21.4. The monoisotopic (exact) mass is 408 g/mol. The van der Waals surface area contributed by atoms with Crippen molar-refractivity contribution in [1.29, 1.82) is 0 Å². The molecule has 2 amide bonds. The van der Waals surface area contributed by atoms with Gasteiger partial charge in [-0.1, -0.05) is 54.1 Å². The van der Waals surface area contributed by atoms with Crippen LogP contribution in [-0.4, -0.2) is 32.0 Å². The molecule has 1 aromatic heterocycles. The molecule has 0 spiro atoms. The first-order valence-electron chi connectivity index (χ1n) is 9.57. The molecule has 0 radical (unpaired) electrons. The van der Waals surface area contributed by atoms with E-state index in [9.17, 15) is 9.59 Å². The highest BCUT2D eigenvalue weighted by Gasteiger charge is 2.20. The molecule has 2 atom stereocenters. The second-order valence-electron chi connectivity index (χ2n) is 7.15. The van der Waals surface area contributed by atoms with E-state index >= 15 is 0 Å². The Bertz CT molecular complexity index is 925. The first-order chi connectivity index (χ1) is 14.0. The molecule has 5 nitrogen and oxygen atoms in total. The summed E-state index contributed by atoms with van der Waals surface area (Å²) in [6.07, 6.45) is 0. The van der Waals surface area contributed by atoms with E-state index in [-0.39, 0.29) is 30.9 Å². The van der Waals surface area contributed by atoms with Crippen LogP contribution < -0.4 is 15.5 Å². The van der Waals surface area contributed by atoms with Gasteiger partial charge in [0.05, 0.1) is 13.1 Å². The van der Waals surface area contributed by atoms with Crippen molar-refractivity contribution < 1.29 is 14.5 Å². The van der Waals surface area contributed by atoms with Crippen LogP contribution in [0.2, 0.25) is 0 Å². The lowest BCUT2D eigenvalue weighted by Crippen LogP contribution is -3.11. The summed E-state index contributed by atoms with van der Waals surface area (Å²) in [5.41, 5.74) is 2.94. The van der Waals surface area contributed by atoms with Crippen LogP contribution in [0.4, 0.5) is 5.69 Å². The number of thiophene rings is 1. The van der Waals surface area contributed by atoms with E-state index in [0.29, 0.717) is 0 Å². The Balaban J connectivity index is 1.55. The highest BCUT2D eigenvalue weighted by molar-refractivity contribution is 7.10. The van der Waals surface area contributed by atoms with Gasteiger partial charge in [-0.05, 0) is 36.1 Å². The molecule has 0 saturated carbocycles. The molecular formula is C23H26N3O2S+. The molecule has 0 aliphatic heterocycles. The second-order valence-corrected chi connectivity index (χ2v) is 8.13. The SMILES string of the molecule is Cc1ccc(NC(=O)C[NH+](C)CC(=O)N[C@@H](c2ccccc2)c2cccs2)cc1. The summed E-state index contributed by atoms with van der Waals surface area (Å²) in [4.78, 5) is 26.8. The smallest absolute Gasteiger partial charge is 0.279 e. The number of hydrogen-bond donors (Lipinski definition) is 3. The van der Waals surface area contributed by atoms with E-state index in [2.05, 4.69) is 10.6 Å². The van der Waals surface area contributed by atoms with Gasteiger partial charge in [-0.25, -0.2) is 0 Å². The van der Waals surface area contributed by atoms with Crippen molar-refractivity contribution in [2.45, 2.75) is 13.0 Å². The predicted octanol–water partition coefficient (Wildman–Crippen LogP) is 2.42. The highest BCUT2D eigenvalue weighted by atomic mass is 32.1. The van der Waals surface area contributed by atoms with Gasteiger partial charge in [0, 0.05) is 10.6 Å². The summed E-state index contributed by atoms with van der Waals surface area (Å²) in [5, 5.41) is 7.99. The number of quaternary nitrogens is 1. The van der Waals surface area contributed by atoms with Gasteiger partial charge in [0.25, 0.3) is 11.8 Å². The van der Waals surface area contributed by atoms with Crippen molar-refractivity contribution >= 4 is 28.8 Å². The molecule has 1 unspecified atom stereocenters. The number of benzene rings is 2. The van der Waals surface area contributed by atoms with Gasteiger partial charge >= 0.3 is 0 Å². The Kier molecular flexibility index (Phi) is 7.16. The molecule has 0 bridgehead atoms. The fourth-order valence-electron chi connectivity index (χ4n) is 3.08. The predicted molar refractivity (Wildman–Crippen MR) is 117 cm³/mol. The van der Waals surface area contributed by atoms with Gasteiger partial charge < -0.3 is 15.5 Å². The van der Waals surface area contributed by atoms with Gasteiger partial charge in [-0.15, -0.1) is 11.3 Å². The highest BCUT2D eigenvalue weighted by Crippen LogP contribution is 2.25. The Labute approximate surface area is 175 Å². The number of likely N-dealkylation sites (N-methyl/N-ethyl adjacent to an activating group) is 1. The fourth-order valence-corrected chi connectivity index (χ4v) is 3.89. The Morgan fingerprint density at radius 1 is 0.931 bits per heavy atom. The van der Waals surface area contributed by atoms with E-state index < -0.39 is 0 Å². The zero-order chi connectivity index (χ0) is 20.6. The number of nitrogens with one attached hydrogen (secondary N) is 3. The van der Waals surface area contributed by atoms with Crippen molar-refractivity contribution in [2.75, 3.05) is 25.5 Å². The molecule has 29 heavy (non-hydrogen) atoms. The minimum Gasteiger partial charge on any atom is -0.339 e. The summed E-state index contributed by atoms with van der Waals surface area (Å²) in [5.74, 6) is -0.204. The van der Waals surface area contributed by atoms with E-state index in [1.54, 1.807) is 11.3 Å². The molecule has 150 valence electrons. The number of amides is 2. The first kappa shape index (κ1) is 20.8. The molecule has 3 N–H and O–H groups in total. The lowest BCUT2D eigenvalue weighted by atomic mass is 10.1. The van der Waals surface area contributed by atoms with Gasteiger partial charge in [0.2, 0.25) is 0 Å². The quantitative estimate of drug-likeness (QED) is 0.536. The molecule has 0 aliphatic carbocycles. The van der Waals surface area contributed by atoms with Crippen molar-refractivity contribution in [3.63, 3.8) is 0 Å². The van der Waals surface area contributed by atoms with Gasteiger partial charge in [0.1, 0.15) is 0 Å². The van der Waals surface area contributed by atoms with E-state index in [0.717, 1.165) is 26.6 Å². The fraction of sp³-hybridized carbons (Fsp3) is 0.217. The van der Waals surface area contributed by atoms with E-state index in [1.807, 2.05) is 86.1 Å². The number of hydrogen-bond acceptors (Lipinski definition) is 3. The molecule has 6 heteroatoms. The number of carbonyl (C=O) groups excluding carboxylic acids is 2. The molecule has 2 aromatic carbocycles. The van der Waals surface area contributed by atoms with Crippen LogP contribution in [0.25, 0.3) is 0 Å². The summed E-state index contributed by atoms with van der Waals surface area (Å²) in [7, 11) is 1.84. The third-order valence-electron chi connectivity index (χ3n) is 4.53. The third-order valence-corrected chi connectivity index (χ3v) is 5.46. The van der Waals surface area contributed by atoms with Crippen LogP contribution in [0.1, 0.15) is 22.0 Å². The minimum absolute atomic E-state index is 0.0899. The van der Waals surface area contributed by atoms with Gasteiger partial charge in [-0.3, -0.25) is 9.59 Å². The summed E-state index contributed by atoms with van der Waals surface area (Å²) in [6.45, 7) is 2.44. The Hall–Kier alpha value is -2.96. The number of anilines is 1. The van der Waals surface area contributed by atoms with Gasteiger partial charge in [-0.2, -0.15) is 0 Å². The maximum atomic E-state index is 12.7. The van der Waals surface area contributed by atoms with Crippen molar-refractivity contribution in [3.8, 4) is 0 Å². The molecule has 3 aromatic rings. The largest absolute Gasteiger partial charge is 0.339 e. The van der Waals surface area contributed by atoms with Crippen molar-refractivity contribution in [1.82, 2.24) is 5.32 Å². The summed E-state index contributed by atoms with van der Waals surface area (Å²) < 4.78 is 0. The van der Waals surface area contributed by atoms with E-state index in [4.69, 9.17) is 0 Å². The maximum absolute atomic E-state index is 12.7. The first-order valence-corrected chi connectivity index (χ1v) is 10.4. The molecule has 0 aliphatic rings. The standard InChI is InChI=1S/C23H25N3O2S/c1-17-10-12-19(13-11-17)24-21(27)15-26(2)16-22(28)25-23(20-9-6-14-29-20)18-7-4-3-5-8-18/h3-14,23H,15-16H2,1-2H3,(H,24,27)(H,25,28)/p+1/t23-/m0/s1. The normalized spacial score (nSPS) is 12.8. The Morgan fingerprint density at radius 3 is 2.28 bits per heavy atom. The topological polar surface area (TPSA) is 62.6 Å². The molecule has 1 heterocycles. The lowest BCUT2D eigenvalue weighted by molar-refractivity contribution is -0.862. The van der Waals surface area contributed by atoms with Crippen LogP contribution in [0.15, 0.2) is 72.1 Å². The van der Waals surface area contributed by atoms with Crippen molar-refractivity contribution in [3.05, 3.63) is 88.1 Å². The minimum atomic E-state index is -0.183. The second kappa shape index (κ2) is 10.0. The van der Waals surface area contributed by atoms with E-state index in [1.165, 1.54) is 0 Å². The molecule has 3 rings (SSSR count). The number of aryl methyl sites for hydroxylation is 1. The number of rotatable bonds is 8. The summed E-state index contributed by atoms with van der Waals surface area (Å²) >= 11 is 1.61. The van der Waals surface area contributed by atoms with Crippen LogP contribution >= 0.6 is 11.3 Å². The van der Waals surface area contributed by atoms with Crippen molar-refractivity contribution in [2.24, 2.45) is 0 Å². The van der Waals surface area contributed by atoms with Crippen LogP contribution in [0.3, 0.4) is 0 Å². The van der Waals surface area contributed by atoms with Crippen LogP contribution in [0.5, 0.6) is 0 Å². The maximum Gasteiger partial charge on any atom is 0.279 e. The molecule has 0 saturated heterocycles. The lowest BCUT2D eigenvalue weighted by Gasteiger charge is -2.19. The zero-order valence-corrected chi connectivity index (χ0v) is 17.5. The molecule has 0 fully saturated rings. The average Bonchev–Trinajstić information content (AvgIpc) is 3.23. The number of carbonyl (C=O) groups is 2. The zero-order valence-electron chi connectivity index (χ0n) is 16.6. The molecular weight excluding hydrogens is 382 g/mol. The Morgan fingerprint density at radius 2 is 1.62 bits per heavy atom. The van der Waals surface area contributed by atoms with Crippen LogP contribution in [-0.2, 0) is 9.59 Å². The third kappa shape index (κ3) is 6.27.